The zero-order valence-corrected chi connectivity index (χ0v) is 8.27. The summed E-state index contributed by atoms with van der Waals surface area (Å²) in [7, 11) is 0. The van der Waals surface area contributed by atoms with Gasteiger partial charge in [0.15, 0.2) is 0 Å². The molecule has 0 amide bonds. The highest BCUT2D eigenvalue weighted by Gasteiger charge is 2.18. The van der Waals surface area contributed by atoms with Crippen LogP contribution in [-0.4, -0.2) is 11.1 Å². The quantitative estimate of drug-likeness (QED) is 0.733. The summed E-state index contributed by atoms with van der Waals surface area (Å²) in [5.41, 5.74) is 4.87. The minimum absolute atomic E-state index is 0.0201. The Hall–Kier alpha value is -2.14. The molecule has 5 heteroatoms. The van der Waals surface area contributed by atoms with Crippen LogP contribution in [-0.2, 0) is 6.54 Å². The molecular formula is C11H9NO4. The number of benzene rings is 1. The van der Waals surface area contributed by atoms with Crippen molar-refractivity contribution < 1.29 is 14.3 Å². The Kier molecular flexibility index (Phi) is 2.46. The lowest BCUT2D eigenvalue weighted by molar-refractivity contribution is 0.0691. The zero-order chi connectivity index (χ0) is 11.7. The fourth-order valence-corrected chi connectivity index (χ4v) is 1.64. The number of hydrogen-bond donors (Lipinski definition) is 2. The van der Waals surface area contributed by atoms with Crippen molar-refractivity contribution in [1.29, 1.82) is 0 Å². The molecule has 5 nitrogen and oxygen atoms in total. The van der Waals surface area contributed by atoms with Gasteiger partial charge in [-0.3, -0.25) is 0 Å². The standard InChI is InChI=1S/C11H9NO4/c12-5-7-6-3-1-2-4-8(6)16-11(15)9(7)10(13)14/h1-4H,5,12H2,(H,13,14). The molecule has 82 valence electrons. The Labute approximate surface area is 90.1 Å². The van der Waals surface area contributed by atoms with E-state index < -0.39 is 11.6 Å². The van der Waals surface area contributed by atoms with Gasteiger partial charge in [-0.1, -0.05) is 18.2 Å². The van der Waals surface area contributed by atoms with Gasteiger partial charge in [0.1, 0.15) is 11.1 Å². The Morgan fingerprint density at radius 1 is 1.38 bits per heavy atom. The van der Waals surface area contributed by atoms with E-state index in [4.69, 9.17) is 15.3 Å². The first-order valence-electron chi connectivity index (χ1n) is 4.63. The summed E-state index contributed by atoms with van der Waals surface area (Å²) in [6, 6.07) is 6.70. The van der Waals surface area contributed by atoms with Gasteiger partial charge in [0, 0.05) is 11.9 Å². The van der Waals surface area contributed by atoms with Crippen molar-refractivity contribution in [3.8, 4) is 0 Å². The third-order valence-corrected chi connectivity index (χ3v) is 2.34. The van der Waals surface area contributed by atoms with Gasteiger partial charge in [-0.2, -0.15) is 0 Å². The van der Waals surface area contributed by atoms with Crippen LogP contribution in [0, 0.1) is 0 Å². The third-order valence-electron chi connectivity index (χ3n) is 2.34. The lowest BCUT2D eigenvalue weighted by atomic mass is 10.0. The predicted molar refractivity (Wildman–Crippen MR) is 57.3 cm³/mol. The van der Waals surface area contributed by atoms with Crippen LogP contribution >= 0.6 is 0 Å². The van der Waals surface area contributed by atoms with Crippen LogP contribution in [0.1, 0.15) is 15.9 Å². The van der Waals surface area contributed by atoms with Gasteiger partial charge >= 0.3 is 11.6 Å². The van der Waals surface area contributed by atoms with Crippen molar-refractivity contribution in [2.24, 2.45) is 5.73 Å². The normalized spacial score (nSPS) is 10.6. The van der Waals surface area contributed by atoms with Crippen molar-refractivity contribution >= 4 is 16.9 Å². The highest BCUT2D eigenvalue weighted by atomic mass is 16.4. The average molecular weight is 219 g/mol. The largest absolute Gasteiger partial charge is 0.477 e. The maximum atomic E-state index is 11.5. The van der Waals surface area contributed by atoms with Gasteiger partial charge in [0.25, 0.3) is 0 Å². The molecule has 0 bridgehead atoms. The summed E-state index contributed by atoms with van der Waals surface area (Å²) in [6.45, 7) is -0.0201. The van der Waals surface area contributed by atoms with Crippen molar-refractivity contribution in [2.45, 2.75) is 6.54 Å². The van der Waals surface area contributed by atoms with Crippen molar-refractivity contribution in [2.75, 3.05) is 0 Å². The molecule has 0 unspecified atom stereocenters. The van der Waals surface area contributed by atoms with Gasteiger partial charge in [0.05, 0.1) is 0 Å². The van der Waals surface area contributed by atoms with Crippen LogP contribution in [0.4, 0.5) is 0 Å². The minimum atomic E-state index is -1.32. The van der Waals surface area contributed by atoms with E-state index in [9.17, 15) is 9.59 Å². The molecule has 2 aromatic rings. The first-order valence-corrected chi connectivity index (χ1v) is 4.63. The summed E-state index contributed by atoms with van der Waals surface area (Å²) in [6.07, 6.45) is 0. The van der Waals surface area contributed by atoms with Crippen LogP contribution in [0.3, 0.4) is 0 Å². The number of carboxylic acid groups (broad SMARTS) is 1. The highest BCUT2D eigenvalue weighted by molar-refractivity contribution is 5.94. The Morgan fingerprint density at radius 2 is 2.06 bits per heavy atom. The lowest BCUT2D eigenvalue weighted by Gasteiger charge is -2.05. The average Bonchev–Trinajstić information content (AvgIpc) is 2.26. The SMILES string of the molecule is NCc1c(C(=O)O)c(=O)oc2ccccc12. The summed E-state index contributed by atoms with van der Waals surface area (Å²) in [5, 5.41) is 9.48. The fraction of sp³-hybridized carbons (Fsp3) is 0.0909. The molecule has 0 saturated carbocycles. The molecule has 0 aliphatic rings. The third kappa shape index (κ3) is 1.47. The Bertz CT molecular complexity index is 615. The van der Waals surface area contributed by atoms with Gasteiger partial charge in [-0.25, -0.2) is 9.59 Å². The second-order valence-electron chi connectivity index (χ2n) is 3.25. The van der Waals surface area contributed by atoms with Crippen molar-refractivity contribution in [3.63, 3.8) is 0 Å². The van der Waals surface area contributed by atoms with Crippen LogP contribution in [0.5, 0.6) is 0 Å². The first-order chi connectivity index (χ1) is 7.65. The maximum absolute atomic E-state index is 11.5. The Morgan fingerprint density at radius 3 is 2.69 bits per heavy atom. The molecule has 2 rings (SSSR count). The van der Waals surface area contributed by atoms with Crippen LogP contribution in [0.25, 0.3) is 11.0 Å². The van der Waals surface area contributed by atoms with Crippen molar-refractivity contribution in [3.05, 3.63) is 45.8 Å². The number of nitrogens with two attached hydrogens (primary N) is 1. The zero-order valence-electron chi connectivity index (χ0n) is 8.27. The molecule has 3 N–H and O–H groups in total. The first kappa shape index (κ1) is 10.4. The molecule has 0 aliphatic carbocycles. The molecule has 0 atom stereocenters. The maximum Gasteiger partial charge on any atom is 0.351 e. The molecule has 0 aliphatic heterocycles. The molecular weight excluding hydrogens is 210 g/mol. The van der Waals surface area contributed by atoms with Crippen LogP contribution in [0.15, 0.2) is 33.5 Å². The van der Waals surface area contributed by atoms with Gasteiger partial charge in [0.2, 0.25) is 0 Å². The van der Waals surface area contributed by atoms with E-state index in [0.717, 1.165) is 0 Å². The number of carbonyl (C=O) groups is 1. The lowest BCUT2D eigenvalue weighted by Crippen LogP contribution is -2.19. The molecule has 1 heterocycles. The minimum Gasteiger partial charge on any atom is -0.477 e. The molecule has 0 spiro atoms. The van der Waals surface area contributed by atoms with Crippen LogP contribution < -0.4 is 11.4 Å². The number of rotatable bonds is 2. The molecule has 1 aromatic heterocycles. The van der Waals surface area contributed by atoms with E-state index in [1.807, 2.05) is 0 Å². The van der Waals surface area contributed by atoms with E-state index in [2.05, 4.69) is 0 Å². The topological polar surface area (TPSA) is 93.5 Å². The second kappa shape index (κ2) is 3.79. The summed E-state index contributed by atoms with van der Waals surface area (Å²) < 4.78 is 4.90. The van der Waals surface area contributed by atoms with Gasteiger partial charge < -0.3 is 15.3 Å². The molecule has 0 saturated heterocycles. The smallest absolute Gasteiger partial charge is 0.351 e. The predicted octanol–water partition coefficient (Wildman–Crippen LogP) is 0.950. The number of aromatic carboxylic acids is 1. The van der Waals surface area contributed by atoms with E-state index >= 15 is 0 Å². The Balaban J connectivity index is 2.96. The number of carboxylic acids is 1. The number of fused-ring (bicyclic) bond motifs is 1. The van der Waals surface area contributed by atoms with Gasteiger partial charge in [-0.05, 0) is 11.6 Å². The number of hydrogen-bond acceptors (Lipinski definition) is 4. The fourth-order valence-electron chi connectivity index (χ4n) is 1.64. The molecule has 1 aromatic carbocycles. The van der Waals surface area contributed by atoms with E-state index in [1.54, 1.807) is 24.3 Å². The molecule has 0 fully saturated rings. The van der Waals surface area contributed by atoms with E-state index in [0.29, 0.717) is 16.5 Å². The summed E-state index contributed by atoms with van der Waals surface area (Å²) in [4.78, 5) is 22.4. The second-order valence-corrected chi connectivity index (χ2v) is 3.25. The molecule has 0 radical (unpaired) electrons. The van der Waals surface area contributed by atoms with Gasteiger partial charge in [-0.15, -0.1) is 0 Å². The molecule has 16 heavy (non-hydrogen) atoms. The van der Waals surface area contributed by atoms with Crippen molar-refractivity contribution in [1.82, 2.24) is 0 Å². The monoisotopic (exact) mass is 219 g/mol. The summed E-state index contributed by atoms with van der Waals surface area (Å²) in [5.74, 6) is -1.32. The number of para-hydroxylation sites is 1. The summed E-state index contributed by atoms with van der Waals surface area (Å²) >= 11 is 0. The van der Waals surface area contributed by atoms with Crippen LogP contribution in [0.2, 0.25) is 0 Å². The highest BCUT2D eigenvalue weighted by Crippen LogP contribution is 2.19. The van der Waals surface area contributed by atoms with E-state index in [-0.39, 0.29) is 12.1 Å². The van der Waals surface area contributed by atoms with E-state index in [1.165, 1.54) is 0 Å².